The first-order valence-corrected chi connectivity index (χ1v) is 13.6. The largest absolute Gasteiger partial charge is 0.454 e. The Balaban J connectivity index is 1.09. The number of hydrogen-bond donors (Lipinski definition) is 0. The summed E-state index contributed by atoms with van der Waals surface area (Å²) in [4.78, 5) is 25.9. The second-order valence-corrected chi connectivity index (χ2v) is 11.3. The number of rotatable bonds is 6. The van der Waals surface area contributed by atoms with Crippen LogP contribution in [0.5, 0.6) is 11.5 Å². The average molecular weight is 507 g/mol. The zero-order valence-corrected chi connectivity index (χ0v) is 20.5. The molecular weight excluding hydrogens is 480 g/mol. The van der Waals surface area contributed by atoms with Crippen LogP contribution in [-0.4, -0.2) is 62.2 Å². The molecule has 2 fully saturated rings. The summed E-state index contributed by atoms with van der Waals surface area (Å²) in [7, 11) is -3.53. The molecule has 36 heavy (non-hydrogen) atoms. The van der Waals surface area contributed by atoms with Crippen LogP contribution >= 0.6 is 0 Å². The molecule has 1 amide bonds. The van der Waals surface area contributed by atoms with Crippen molar-refractivity contribution in [3.63, 3.8) is 0 Å². The van der Waals surface area contributed by atoms with Crippen molar-refractivity contribution < 1.29 is 22.7 Å². The normalized spacial score (nSPS) is 18.2. The van der Waals surface area contributed by atoms with Gasteiger partial charge in [0.1, 0.15) is 11.6 Å². The van der Waals surface area contributed by atoms with Gasteiger partial charge < -0.3 is 19.3 Å². The molecule has 2 aliphatic heterocycles. The first-order chi connectivity index (χ1) is 17.4. The number of sulfone groups is 1. The lowest BCUT2D eigenvalue weighted by molar-refractivity contribution is -0.134. The highest BCUT2D eigenvalue weighted by molar-refractivity contribution is 7.90. The summed E-state index contributed by atoms with van der Waals surface area (Å²) in [5, 5.41) is 0. The van der Waals surface area contributed by atoms with E-state index < -0.39 is 15.3 Å². The van der Waals surface area contributed by atoms with Crippen LogP contribution in [0.2, 0.25) is 0 Å². The van der Waals surface area contributed by atoms with E-state index in [1.54, 1.807) is 18.2 Å². The standard InChI is InChI=1S/C26H26N4O5S/c31-25(26(8-9-26)19-2-7-22-23(16-19)35-18-34-22)30-14-12-29(13-15-30)20-3-5-21(6-4-20)36(32,33)17-24-27-10-1-11-28-24/h1-7,10-11,16H,8-9,12-15,17-18H2. The van der Waals surface area contributed by atoms with E-state index in [1.165, 1.54) is 12.4 Å². The van der Waals surface area contributed by atoms with Gasteiger partial charge in [-0.1, -0.05) is 6.07 Å². The molecule has 0 spiro atoms. The van der Waals surface area contributed by atoms with Crippen LogP contribution < -0.4 is 14.4 Å². The summed E-state index contributed by atoms with van der Waals surface area (Å²) in [6.45, 7) is 2.84. The van der Waals surface area contributed by atoms with Gasteiger partial charge in [0.15, 0.2) is 21.3 Å². The fourth-order valence-corrected chi connectivity index (χ4v) is 6.14. The maximum absolute atomic E-state index is 13.5. The molecule has 3 aliphatic rings. The lowest BCUT2D eigenvalue weighted by Gasteiger charge is -2.38. The Hall–Kier alpha value is -3.66. The maximum Gasteiger partial charge on any atom is 0.233 e. The van der Waals surface area contributed by atoms with Crippen molar-refractivity contribution in [3.8, 4) is 11.5 Å². The van der Waals surface area contributed by atoms with Crippen molar-refractivity contribution in [3.05, 3.63) is 72.3 Å². The molecule has 3 heterocycles. The lowest BCUT2D eigenvalue weighted by Crippen LogP contribution is -2.51. The number of carbonyl (C=O) groups excluding carboxylic acids is 1. The molecule has 1 aromatic heterocycles. The van der Waals surface area contributed by atoms with E-state index in [1.807, 2.05) is 35.2 Å². The Kier molecular flexibility index (Phi) is 5.55. The fourth-order valence-electron chi connectivity index (χ4n) is 4.94. The van der Waals surface area contributed by atoms with Crippen LogP contribution in [0.25, 0.3) is 0 Å². The third-order valence-electron chi connectivity index (χ3n) is 7.15. The molecule has 10 heteroatoms. The van der Waals surface area contributed by atoms with Crippen LogP contribution in [0.4, 0.5) is 5.69 Å². The topological polar surface area (TPSA) is 102 Å². The molecule has 0 atom stereocenters. The van der Waals surface area contributed by atoms with Crippen molar-refractivity contribution in [2.24, 2.45) is 0 Å². The molecule has 0 bridgehead atoms. The van der Waals surface area contributed by atoms with Gasteiger partial charge in [0.05, 0.1) is 10.3 Å². The van der Waals surface area contributed by atoms with Gasteiger partial charge in [-0.2, -0.15) is 0 Å². The molecule has 3 aromatic rings. The highest BCUT2D eigenvalue weighted by atomic mass is 32.2. The molecule has 9 nitrogen and oxygen atoms in total. The van der Waals surface area contributed by atoms with Crippen LogP contribution in [-0.2, 0) is 25.8 Å². The van der Waals surface area contributed by atoms with Crippen molar-refractivity contribution >= 4 is 21.4 Å². The predicted octanol–water partition coefficient (Wildman–Crippen LogP) is 2.56. The molecule has 1 aliphatic carbocycles. The van der Waals surface area contributed by atoms with Crippen LogP contribution in [0.1, 0.15) is 24.2 Å². The zero-order chi connectivity index (χ0) is 24.8. The number of amides is 1. The minimum Gasteiger partial charge on any atom is -0.454 e. The summed E-state index contributed by atoms with van der Waals surface area (Å²) in [5.41, 5.74) is 1.48. The highest BCUT2D eigenvalue weighted by Gasteiger charge is 2.53. The highest BCUT2D eigenvalue weighted by Crippen LogP contribution is 2.51. The van der Waals surface area contributed by atoms with Crippen molar-refractivity contribution in [2.45, 2.75) is 28.9 Å². The summed E-state index contributed by atoms with van der Waals surface area (Å²) in [6.07, 6.45) is 4.75. The van der Waals surface area contributed by atoms with E-state index >= 15 is 0 Å². The number of piperazine rings is 1. The number of carbonyl (C=O) groups is 1. The van der Waals surface area contributed by atoms with Gasteiger partial charge in [0.25, 0.3) is 0 Å². The summed E-state index contributed by atoms with van der Waals surface area (Å²) >= 11 is 0. The molecular formula is C26H26N4O5S. The Bertz CT molecular complexity index is 1380. The van der Waals surface area contributed by atoms with Gasteiger partial charge in [-0.25, -0.2) is 18.4 Å². The van der Waals surface area contributed by atoms with Crippen molar-refractivity contribution in [1.29, 1.82) is 0 Å². The number of anilines is 1. The zero-order valence-electron chi connectivity index (χ0n) is 19.7. The monoisotopic (exact) mass is 506 g/mol. The first-order valence-electron chi connectivity index (χ1n) is 12.0. The number of fused-ring (bicyclic) bond motifs is 1. The van der Waals surface area contributed by atoms with Gasteiger partial charge >= 0.3 is 0 Å². The Labute approximate surface area is 209 Å². The second-order valence-electron chi connectivity index (χ2n) is 9.35. The molecule has 0 unspecified atom stereocenters. The SMILES string of the molecule is O=C(N1CCN(c2ccc(S(=O)(=O)Cc3ncccn3)cc2)CC1)C1(c2ccc3c(c2)OCO3)CC1. The van der Waals surface area contributed by atoms with E-state index in [-0.39, 0.29) is 29.2 Å². The first kappa shape index (κ1) is 22.8. The van der Waals surface area contributed by atoms with Crippen molar-refractivity contribution in [2.75, 3.05) is 37.9 Å². The molecule has 0 radical (unpaired) electrons. The van der Waals surface area contributed by atoms with E-state index in [4.69, 9.17) is 9.47 Å². The summed E-state index contributed by atoms with van der Waals surface area (Å²) < 4.78 is 36.4. The van der Waals surface area contributed by atoms with Gasteiger partial charge in [0.2, 0.25) is 12.7 Å². The minimum atomic E-state index is -3.53. The molecule has 1 saturated carbocycles. The smallest absolute Gasteiger partial charge is 0.233 e. The predicted molar refractivity (Wildman–Crippen MR) is 132 cm³/mol. The van der Waals surface area contributed by atoms with E-state index in [9.17, 15) is 13.2 Å². The molecule has 1 saturated heterocycles. The third-order valence-corrected chi connectivity index (χ3v) is 8.78. The molecule has 6 rings (SSSR count). The van der Waals surface area contributed by atoms with E-state index in [2.05, 4.69) is 14.9 Å². The number of nitrogens with zero attached hydrogens (tertiary/aromatic N) is 4. The summed E-state index contributed by atoms with van der Waals surface area (Å²) in [6, 6.07) is 14.4. The Morgan fingerprint density at radius 3 is 2.31 bits per heavy atom. The van der Waals surface area contributed by atoms with E-state index in [0.717, 1.165) is 29.8 Å². The van der Waals surface area contributed by atoms with Gasteiger partial charge in [-0.05, 0) is 60.9 Å². The Morgan fingerprint density at radius 2 is 1.61 bits per heavy atom. The lowest BCUT2D eigenvalue weighted by atomic mass is 9.93. The molecule has 186 valence electrons. The Morgan fingerprint density at radius 1 is 0.917 bits per heavy atom. The maximum atomic E-state index is 13.5. The second kappa shape index (κ2) is 8.77. The minimum absolute atomic E-state index is 0.172. The number of ether oxygens (including phenoxy) is 2. The number of hydrogen-bond acceptors (Lipinski definition) is 8. The quantitative estimate of drug-likeness (QED) is 0.503. The van der Waals surface area contributed by atoms with Gasteiger partial charge in [-0.15, -0.1) is 0 Å². The summed E-state index contributed by atoms with van der Waals surface area (Å²) in [5.74, 6) is 1.64. The van der Waals surface area contributed by atoms with Crippen LogP contribution in [0.3, 0.4) is 0 Å². The number of aromatic nitrogens is 2. The molecule has 0 N–H and O–H groups in total. The van der Waals surface area contributed by atoms with Crippen molar-refractivity contribution in [1.82, 2.24) is 14.9 Å². The van der Waals surface area contributed by atoms with Gasteiger partial charge in [-0.3, -0.25) is 4.79 Å². The van der Waals surface area contributed by atoms with E-state index in [0.29, 0.717) is 31.9 Å². The fraction of sp³-hybridized carbons (Fsp3) is 0.346. The van der Waals surface area contributed by atoms with Crippen LogP contribution in [0, 0.1) is 0 Å². The third kappa shape index (κ3) is 4.15. The molecule has 2 aromatic carbocycles. The van der Waals surface area contributed by atoms with Crippen LogP contribution in [0.15, 0.2) is 65.8 Å². The average Bonchev–Trinajstić information content (AvgIpc) is 3.59. The van der Waals surface area contributed by atoms with Gasteiger partial charge in [0, 0.05) is 44.3 Å². The number of benzene rings is 2.